The Morgan fingerprint density at radius 2 is 1.79 bits per heavy atom. The first-order chi connectivity index (χ1) is 13.9. The highest BCUT2D eigenvalue weighted by Gasteiger charge is 2.50. The zero-order chi connectivity index (χ0) is 20.6. The fourth-order valence-corrected chi connectivity index (χ4v) is 3.43. The van der Waals surface area contributed by atoms with E-state index in [1.807, 2.05) is 18.2 Å². The maximum atomic E-state index is 13.1. The number of anilines is 1. The van der Waals surface area contributed by atoms with Crippen LogP contribution in [0.5, 0.6) is 11.5 Å². The van der Waals surface area contributed by atoms with Crippen molar-refractivity contribution in [1.82, 2.24) is 10.2 Å². The molecule has 2 aliphatic rings. The third-order valence-electron chi connectivity index (χ3n) is 5.21. The lowest BCUT2D eigenvalue weighted by molar-refractivity contribution is -0.134. The molecular formula is C21H21N3O5. The number of carbonyl (C=O) groups is 3. The molecule has 1 atom stereocenters. The van der Waals surface area contributed by atoms with E-state index >= 15 is 0 Å². The Kier molecular flexibility index (Phi) is 4.62. The Hall–Kier alpha value is -3.55. The van der Waals surface area contributed by atoms with Crippen LogP contribution in [0.4, 0.5) is 10.5 Å². The van der Waals surface area contributed by atoms with Crippen LogP contribution >= 0.6 is 0 Å². The number of amides is 4. The number of carbonyl (C=O) groups excluding carboxylic acids is 3. The Labute approximate surface area is 168 Å². The summed E-state index contributed by atoms with van der Waals surface area (Å²) in [6.07, 6.45) is 0. The monoisotopic (exact) mass is 395 g/mol. The molecule has 2 aromatic rings. The molecule has 150 valence electrons. The third kappa shape index (κ3) is 3.26. The summed E-state index contributed by atoms with van der Waals surface area (Å²) in [6, 6.07) is 13.5. The fourth-order valence-electron chi connectivity index (χ4n) is 3.43. The first-order valence-electron chi connectivity index (χ1n) is 9.26. The summed E-state index contributed by atoms with van der Waals surface area (Å²) in [4.78, 5) is 40.6. The van der Waals surface area contributed by atoms with E-state index in [4.69, 9.17) is 9.47 Å². The van der Waals surface area contributed by atoms with Crippen molar-refractivity contribution in [2.24, 2.45) is 0 Å². The van der Waals surface area contributed by atoms with Crippen LogP contribution in [-0.4, -0.2) is 49.6 Å². The third-order valence-corrected chi connectivity index (χ3v) is 5.21. The molecule has 2 aliphatic heterocycles. The predicted octanol–water partition coefficient (Wildman–Crippen LogP) is 1.89. The smallest absolute Gasteiger partial charge is 0.325 e. The Morgan fingerprint density at radius 1 is 1.10 bits per heavy atom. The Bertz CT molecular complexity index is 978. The zero-order valence-electron chi connectivity index (χ0n) is 16.2. The van der Waals surface area contributed by atoms with Crippen molar-refractivity contribution in [2.75, 3.05) is 31.7 Å². The van der Waals surface area contributed by atoms with Crippen molar-refractivity contribution in [3.63, 3.8) is 0 Å². The van der Waals surface area contributed by atoms with Crippen LogP contribution in [0.15, 0.2) is 48.5 Å². The van der Waals surface area contributed by atoms with Crippen molar-refractivity contribution in [3.05, 3.63) is 54.1 Å². The average molecular weight is 395 g/mol. The van der Waals surface area contributed by atoms with Gasteiger partial charge in [0.15, 0.2) is 11.5 Å². The van der Waals surface area contributed by atoms with Crippen LogP contribution in [-0.2, 0) is 15.1 Å². The van der Waals surface area contributed by atoms with Crippen molar-refractivity contribution in [3.8, 4) is 11.5 Å². The summed E-state index contributed by atoms with van der Waals surface area (Å²) >= 11 is 0. The highest BCUT2D eigenvalue weighted by molar-refractivity contribution is 6.10. The minimum absolute atomic E-state index is 0.351. The van der Waals surface area contributed by atoms with Gasteiger partial charge in [0.1, 0.15) is 25.3 Å². The molecule has 2 heterocycles. The molecule has 4 amide bonds. The lowest BCUT2D eigenvalue weighted by Gasteiger charge is -2.25. The van der Waals surface area contributed by atoms with E-state index in [0.717, 1.165) is 4.90 Å². The minimum Gasteiger partial charge on any atom is -0.486 e. The van der Waals surface area contributed by atoms with E-state index in [1.165, 1.54) is 4.90 Å². The van der Waals surface area contributed by atoms with Crippen molar-refractivity contribution in [2.45, 2.75) is 12.5 Å². The second-order valence-corrected chi connectivity index (χ2v) is 7.09. The lowest BCUT2D eigenvalue weighted by atomic mass is 9.91. The predicted molar refractivity (Wildman–Crippen MR) is 105 cm³/mol. The molecule has 1 saturated heterocycles. The molecule has 8 nitrogen and oxygen atoms in total. The molecule has 29 heavy (non-hydrogen) atoms. The van der Waals surface area contributed by atoms with E-state index in [2.05, 4.69) is 5.32 Å². The quantitative estimate of drug-likeness (QED) is 0.799. The molecule has 0 radical (unpaired) electrons. The number of nitrogens with zero attached hydrogens (tertiary/aromatic N) is 2. The fraction of sp³-hybridized carbons (Fsp3) is 0.286. The second-order valence-electron chi connectivity index (χ2n) is 7.09. The normalized spacial score (nSPS) is 20.4. The summed E-state index contributed by atoms with van der Waals surface area (Å²) in [5.41, 5.74) is -0.0518. The Morgan fingerprint density at radius 3 is 2.52 bits per heavy atom. The van der Waals surface area contributed by atoms with Gasteiger partial charge in [0, 0.05) is 12.7 Å². The number of hydrogen-bond donors (Lipinski definition) is 1. The van der Waals surface area contributed by atoms with Crippen LogP contribution < -0.4 is 19.7 Å². The molecule has 1 fully saturated rings. The maximum Gasteiger partial charge on any atom is 0.325 e. The summed E-state index contributed by atoms with van der Waals surface area (Å²) < 4.78 is 11.1. The first kappa shape index (κ1) is 18.8. The molecular weight excluding hydrogens is 374 g/mol. The maximum absolute atomic E-state index is 13.1. The average Bonchev–Trinajstić information content (AvgIpc) is 2.97. The largest absolute Gasteiger partial charge is 0.486 e. The summed E-state index contributed by atoms with van der Waals surface area (Å²) in [5, 5.41) is 2.71. The first-order valence-corrected chi connectivity index (χ1v) is 9.26. The topological polar surface area (TPSA) is 88.2 Å². The van der Waals surface area contributed by atoms with Gasteiger partial charge in [-0.15, -0.1) is 0 Å². The number of likely N-dealkylation sites (N-methyl/N-ethyl adjacent to an activating group) is 1. The number of urea groups is 1. The van der Waals surface area contributed by atoms with Crippen LogP contribution in [0, 0.1) is 0 Å². The van der Waals surface area contributed by atoms with Crippen LogP contribution in [0.3, 0.4) is 0 Å². The molecule has 4 rings (SSSR count). The summed E-state index contributed by atoms with van der Waals surface area (Å²) in [7, 11) is 1.61. The molecule has 0 saturated carbocycles. The van der Waals surface area contributed by atoms with Gasteiger partial charge in [-0.25, -0.2) is 4.79 Å². The highest BCUT2D eigenvalue weighted by atomic mass is 16.6. The molecule has 0 spiro atoms. The van der Waals surface area contributed by atoms with Crippen molar-refractivity contribution < 1.29 is 23.9 Å². The van der Waals surface area contributed by atoms with Crippen LogP contribution in [0.1, 0.15) is 12.5 Å². The standard InChI is InChI=1S/C21H21N3O5/c1-21(14-8-9-16-17(12-14)29-11-10-28-16)19(26)24(20(27)22-21)13-18(25)23(2)15-6-4-3-5-7-15/h3-9,12H,10-11,13H2,1-2H3,(H,22,27). The molecule has 0 aliphatic carbocycles. The summed E-state index contributed by atoms with van der Waals surface area (Å²) in [5.74, 6) is 0.257. The highest BCUT2D eigenvalue weighted by Crippen LogP contribution is 2.36. The van der Waals surface area contributed by atoms with E-state index in [9.17, 15) is 14.4 Å². The van der Waals surface area contributed by atoms with E-state index in [-0.39, 0.29) is 12.5 Å². The van der Waals surface area contributed by atoms with E-state index in [1.54, 1.807) is 44.3 Å². The molecule has 1 unspecified atom stereocenters. The van der Waals surface area contributed by atoms with Gasteiger partial charge in [0.25, 0.3) is 5.91 Å². The van der Waals surface area contributed by atoms with Crippen molar-refractivity contribution in [1.29, 1.82) is 0 Å². The van der Waals surface area contributed by atoms with Crippen LogP contribution in [0.25, 0.3) is 0 Å². The number of hydrogen-bond acceptors (Lipinski definition) is 5. The van der Waals surface area contributed by atoms with Gasteiger partial charge in [0.05, 0.1) is 0 Å². The van der Waals surface area contributed by atoms with Gasteiger partial charge in [0.2, 0.25) is 5.91 Å². The molecule has 0 bridgehead atoms. The Balaban J connectivity index is 1.55. The molecule has 0 aromatic heterocycles. The van der Waals surface area contributed by atoms with E-state index in [0.29, 0.717) is 36.0 Å². The number of imide groups is 1. The van der Waals surface area contributed by atoms with Gasteiger partial charge in [-0.05, 0) is 36.8 Å². The number of para-hydroxylation sites is 1. The number of fused-ring (bicyclic) bond motifs is 1. The number of benzene rings is 2. The molecule has 8 heteroatoms. The van der Waals surface area contributed by atoms with Gasteiger partial charge in [-0.3, -0.25) is 14.5 Å². The minimum atomic E-state index is -1.29. The number of ether oxygens (including phenoxy) is 2. The van der Waals surface area contributed by atoms with Gasteiger partial charge in [-0.2, -0.15) is 0 Å². The van der Waals surface area contributed by atoms with Gasteiger partial charge < -0.3 is 19.7 Å². The van der Waals surface area contributed by atoms with Crippen LogP contribution in [0.2, 0.25) is 0 Å². The number of rotatable bonds is 4. The van der Waals surface area contributed by atoms with Gasteiger partial charge >= 0.3 is 6.03 Å². The SMILES string of the molecule is CN(C(=O)CN1C(=O)NC(C)(c2ccc3c(c2)OCCO3)C1=O)c1ccccc1. The lowest BCUT2D eigenvalue weighted by Crippen LogP contribution is -2.43. The number of nitrogens with one attached hydrogen (secondary N) is 1. The zero-order valence-corrected chi connectivity index (χ0v) is 16.2. The van der Waals surface area contributed by atoms with E-state index < -0.39 is 17.5 Å². The second kappa shape index (κ2) is 7.12. The molecule has 2 aromatic carbocycles. The summed E-state index contributed by atoms with van der Waals surface area (Å²) in [6.45, 7) is 2.14. The van der Waals surface area contributed by atoms with Gasteiger partial charge in [-0.1, -0.05) is 24.3 Å². The van der Waals surface area contributed by atoms with Crippen molar-refractivity contribution >= 4 is 23.5 Å². The molecule has 1 N–H and O–H groups in total.